The highest BCUT2D eigenvalue weighted by Crippen LogP contribution is 2.30. The van der Waals surface area contributed by atoms with Crippen molar-refractivity contribution in [3.8, 4) is 12.3 Å². The van der Waals surface area contributed by atoms with E-state index in [-0.39, 0.29) is 6.54 Å². The number of unbranched alkanes of at least 4 members (excludes halogenated alkanes) is 1. The van der Waals surface area contributed by atoms with E-state index < -0.39 is 17.7 Å². The highest BCUT2D eigenvalue weighted by molar-refractivity contribution is 5.79. The topological polar surface area (TPSA) is 49.3 Å². The fraction of sp³-hybridized carbons (Fsp3) is 0.667. The van der Waals surface area contributed by atoms with Crippen LogP contribution in [-0.4, -0.2) is 29.3 Å². The van der Waals surface area contributed by atoms with E-state index in [2.05, 4.69) is 5.92 Å². The first kappa shape index (κ1) is 13.8. The molecule has 0 saturated carbocycles. The average molecular weight is 223 g/mol. The molecule has 2 N–H and O–H groups in total. The molecule has 1 unspecified atom stereocenters. The predicted octanol–water partition coefficient (Wildman–Crippen LogP) is 1.40. The zero-order valence-corrected chi connectivity index (χ0v) is 8.19. The van der Waals surface area contributed by atoms with Gasteiger partial charge in [-0.25, -0.2) is 4.79 Å². The molecule has 15 heavy (non-hydrogen) atoms. The second-order valence-corrected chi connectivity index (χ2v) is 3.16. The van der Waals surface area contributed by atoms with Crippen molar-refractivity contribution in [1.29, 1.82) is 0 Å². The van der Waals surface area contributed by atoms with Crippen LogP contribution in [0.25, 0.3) is 0 Å². The monoisotopic (exact) mass is 223 g/mol. The lowest BCUT2D eigenvalue weighted by molar-refractivity contribution is -0.205. The van der Waals surface area contributed by atoms with Crippen LogP contribution >= 0.6 is 0 Å². The maximum absolute atomic E-state index is 12.4. The summed E-state index contributed by atoms with van der Waals surface area (Å²) in [6, 6.07) is 0. The van der Waals surface area contributed by atoms with Gasteiger partial charge in [0.1, 0.15) is 0 Å². The van der Waals surface area contributed by atoms with Crippen LogP contribution in [0.2, 0.25) is 0 Å². The lowest BCUT2D eigenvalue weighted by Crippen LogP contribution is -2.60. The van der Waals surface area contributed by atoms with Gasteiger partial charge >= 0.3 is 12.1 Å². The molecule has 0 saturated heterocycles. The zero-order valence-electron chi connectivity index (χ0n) is 8.19. The lowest BCUT2D eigenvalue weighted by atomic mass is 10.0. The SMILES string of the molecule is C#CCCCNC(C)(C(=O)O)C(F)(F)F. The fourth-order valence-electron chi connectivity index (χ4n) is 0.826. The molecule has 0 aliphatic heterocycles. The van der Waals surface area contributed by atoms with Gasteiger partial charge in [-0.1, -0.05) is 0 Å². The molecule has 0 bridgehead atoms. The van der Waals surface area contributed by atoms with E-state index in [1.807, 2.05) is 5.32 Å². The summed E-state index contributed by atoms with van der Waals surface area (Å²) in [6.07, 6.45) is 0.676. The number of rotatable bonds is 5. The summed E-state index contributed by atoms with van der Waals surface area (Å²) in [4.78, 5) is 10.5. The van der Waals surface area contributed by atoms with E-state index in [1.54, 1.807) is 0 Å². The number of halogens is 3. The van der Waals surface area contributed by atoms with Gasteiger partial charge in [0, 0.05) is 6.42 Å². The quantitative estimate of drug-likeness (QED) is 0.547. The van der Waals surface area contributed by atoms with E-state index >= 15 is 0 Å². The summed E-state index contributed by atoms with van der Waals surface area (Å²) in [5, 5.41) is 10.5. The number of carbonyl (C=O) groups is 1. The molecule has 1 atom stereocenters. The number of nitrogens with one attached hydrogen (secondary N) is 1. The normalized spacial score (nSPS) is 15.4. The Bertz CT molecular complexity index is 270. The first-order valence-corrected chi connectivity index (χ1v) is 4.24. The molecule has 0 heterocycles. The van der Waals surface area contributed by atoms with E-state index in [9.17, 15) is 18.0 Å². The van der Waals surface area contributed by atoms with Gasteiger partial charge in [0.2, 0.25) is 5.54 Å². The van der Waals surface area contributed by atoms with Gasteiger partial charge in [-0.2, -0.15) is 13.2 Å². The Morgan fingerprint density at radius 3 is 2.40 bits per heavy atom. The van der Waals surface area contributed by atoms with Gasteiger partial charge in [-0.05, 0) is 19.9 Å². The Balaban J connectivity index is 4.43. The first-order chi connectivity index (χ1) is 6.75. The molecule has 0 fully saturated rings. The van der Waals surface area contributed by atoms with Crippen molar-refractivity contribution in [3.05, 3.63) is 0 Å². The third-order valence-corrected chi connectivity index (χ3v) is 1.97. The van der Waals surface area contributed by atoms with Gasteiger partial charge in [0.15, 0.2) is 0 Å². The van der Waals surface area contributed by atoms with Gasteiger partial charge < -0.3 is 5.11 Å². The third kappa shape index (κ3) is 3.44. The molecule has 86 valence electrons. The number of terminal acetylenes is 1. The van der Waals surface area contributed by atoms with Gasteiger partial charge in [-0.15, -0.1) is 12.3 Å². The van der Waals surface area contributed by atoms with Crippen LogP contribution in [0.1, 0.15) is 19.8 Å². The van der Waals surface area contributed by atoms with E-state index in [0.29, 0.717) is 19.8 Å². The highest BCUT2D eigenvalue weighted by atomic mass is 19.4. The molecule has 3 nitrogen and oxygen atoms in total. The van der Waals surface area contributed by atoms with Crippen LogP contribution in [0.5, 0.6) is 0 Å². The standard InChI is InChI=1S/C9H12F3NO2/c1-3-4-5-6-13-8(2,7(14)15)9(10,11)12/h1,13H,4-6H2,2H3,(H,14,15). The van der Waals surface area contributed by atoms with E-state index in [1.165, 1.54) is 0 Å². The average Bonchev–Trinajstić information content (AvgIpc) is 2.09. The summed E-state index contributed by atoms with van der Waals surface area (Å²) in [5.74, 6) is 0.305. The van der Waals surface area contributed by atoms with Crippen molar-refractivity contribution in [1.82, 2.24) is 5.32 Å². The molecule has 0 spiro atoms. The minimum atomic E-state index is -4.84. The van der Waals surface area contributed by atoms with Crippen molar-refractivity contribution >= 4 is 5.97 Å². The van der Waals surface area contributed by atoms with Crippen LogP contribution in [0.4, 0.5) is 13.2 Å². The molecule has 0 amide bonds. The van der Waals surface area contributed by atoms with E-state index in [0.717, 1.165) is 0 Å². The maximum Gasteiger partial charge on any atom is 0.417 e. The molecule has 0 aliphatic carbocycles. The lowest BCUT2D eigenvalue weighted by Gasteiger charge is -2.28. The Kier molecular flexibility index (Phi) is 4.62. The molecule has 0 radical (unpaired) electrons. The third-order valence-electron chi connectivity index (χ3n) is 1.97. The fourth-order valence-corrected chi connectivity index (χ4v) is 0.826. The second kappa shape index (κ2) is 5.03. The van der Waals surface area contributed by atoms with Crippen molar-refractivity contribution in [2.45, 2.75) is 31.5 Å². The van der Waals surface area contributed by atoms with Crippen LogP contribution in [0.15, 0.2) is 0 Å². The maximum atomic E-state index is 12.4. The molecule has 0 aromatic heterocycles. The van der Waals surface area contributed by atoms with Gasteiger partial charge in [-0.3, -0.25) is 5.32 Å². The van der Waals surface area contributed by atoms with Crippen LogP contribution in [0, 0.1) is 12.3 Å². The Labute approximate surface area is 85.7 Å². The molecule has 0 aliphatic rings. The van der Waals surface area contributed by atoms with E-state index in [4.69, 9.17) is 11.5 Å². The predicted molar refractivity (Wildman–Crippen MR) is 48.2 cm³/mol. The minimum Gasteiger partial charge on any atom is -0.480 e. The van der Waals surface area contributed by atoms with Crippen LogP contribution in [-0.2, 0) is 4.79 Å². The van der Waals surface area contributed by atoms with Crippen molar-refractivity contribution in [3.63, 3.8) is 0 Å². The second-order valence-electron chi connectivity index (χ2n) is 3.16. The number of hydrogen-bond donors (Lipinski definition) is 2. The number of hydrogen-bond acceptors (Lipinski definition) is 2. The summed E-state index contributed by atoms with van der Waals surface area (Å²) in [5.41, 5.74) is -2.92. The Hall–Kier alpha value is -1.22. The highest BCUT2D eigenvalue weighted by Gasteiger charge is 2.56. The van der Waals surface area contributed by atoms with Gasteiger partial charge in [0.05, 0.1) is 0 Å². The van der Waals surface area contributed by atoms with Crippen molar-refractivity contribution < 1.29 is 23.1 Å². The number of alkyl halides is 3. The molecule has 0 aromatic carbocycles. The molecular formula is C9H12F3NO2. The molecule has 0 aromatic rings. The zero-order chi connectivity index (χ0) is 12.1. The Morgan fingerprint density at radius 1 is 1.53 bits per heavy atom. The molecular weight excluding hydrogens is 211 g/mol. The molecule has 6 heteroatoms. The van der Waals surface area contributed by atoms with Crippen molar-refractivity contribution in [2.24, 2.45) is 0 Å². The summed E-state index contributed by atoms with van der Waals surface area (Å²) in [6.45, 7) is 0.498. The molecule has 0 rings (SSSR count). The summed E-state index contributed by atoms with van der Waals surface area (Å²) >= 11 is 0. The van der Waals surface area contributed by atoms with Crippen molar-refractivity contribution in [2.75, 3.05) is 6.54 Å². The largest absolute Gasteiger partial charge is 0.480 e. The minimum absolute atomic E-state index is 0.0908. The first-order valence-electron chi connectivity index (χ1n) is 4.24. The Morgan fingerprint density at radius 2 is 2.07 bits per heavy atom. The number of aliphatic carboxylic acids is 1. The number of carboxylic acid groups (broad SMARTS) is 1. The summed E-state index contributed by atoms with van der Waals surface area (Å²) in [7, 11) is 0. The van der Waals surface area contributed by atoms with Crippen LogP contribution in [0.3, 0.4) is 0 Å². The van der Waals surface area contributed by atoms with Crippen LogP contribution < -0.4 is 5.32 Å². The number of carboxylic acids is 1. The smallest absolute Gasteiger partial charge is 0.417 e. The van der Waals surface area contributed by atoms with Gasteiger partial charge in [0.25, 0.3) is 0 Å². The summed E-state index contributed by atoms with van der Waals surface area (Å²) < 4.78 is 37.1.